The molecule has 0 spiro atoms. The number of nitrogens with zero attached hydrogens (tertiary/aromatic N) is 2. The zero-order chi connectivity index (χ0) is 26.8. The van der Waals surface area contributed by atoms with Crippen LogP contribution in [0.25, 0.3) is 10.8 Å². The summed E-state index contributed by atoms with van der Waals surface area (Å²) in [4.78, 5) is 33.7. The van der Waals surface area contributed by atoms with E-state index in [1.54, 1.807) is 36.5 Å². The van der Waals surface area contributed by atoms with Gasteiger partial charge in [-0.2, -0.15) is 0 Å². The van der Waals surface area contributed by atoms with E-state index in [1.807, 2.05) is 24.3 Å². The van der Waals surface area contributed by atoms with E-state index in [-0.39, 0.29) is 17.2 Å². The lowest BCUT2D eigenvalue weighted by Crippen LogP contribution is -2.54. The maximum atomic E-state index is 12.5. The molecule has 0 aliphatic carbocycles. The number of pyridine rings is 1. The van der Waals surface area contributed by atoms with Crippen LogP contribution in [0.15, 0.2) is 76.5 Å². The SMILES string of the molecule is CC(=O)c1cccc(Nc2ccc3c(=O)[nH]c(O)c(C=Nc4ccc(N5CC(C)NC(C)C5)cc4)c3c2)c1. The summed E-state index contributed by atoms with van der Waals surface area (Å²) in [6.07, 6.45) is 1.57. The van der Waals surface area contributed by atoms with E-state index in [0.29, 0.717) is 39.7 Å². The molecule has 38 heavy (non-hydrogen) atoms. The monoisotopic (exact) mass is 509 g/mol. The van der Waals surface area contributed by atoms with Gasteiger partial charge in [-0.15, -0.1) is 0 Å². The number of carbonyl (C=O) groups excluding carboxylic acids is 1. The Kier molecular flexibility index (Phi) is 6.98. The fourth-order valence-electron chi connectivity index (χ4n) is 4.95. The summed E-state index contributed by atoms with van der Waals surface area (Å²) in [5, 5.41) is 18.4. The van der Waals surface area contributed by atoms with Crippen LogP contribution in [0.1, 0.15) is 36.7 Å². The second-order valence-electron chi connectivity index (χ2n) is 9.89. The predicted molar refractivity (Wildman–Crippen MR) is 154 cm³/mol. The molecule has 4 N–H and O–H groups in total. The second-order valence-corrected chi connectivity index (χ2v) is 9.89. The molecule has 0 bridgehead atoms. The van der Waals surface area contributed by atoms with Crippen LogP contribution in [-0.2, 0) is 0 Å². The Hall–Kier alpha value is -4.43. The van der Waals surface area contributed by atoms with E-state index in [1.165, 1.54) is 6.92 Å². The highest BCUT2D eigenvalue weighted by Crippen LogP contribution is 2.28. The summed E-state index contributed by atoms with van der Waals surface area (Å²) in [5.74, 6) is -0.269. The third kappa shape index (κ3) is 5.45. The molecule has 8 heteroatoms. The van der Waals surface area contributed by atoms with Crippen molar-refractivity contribution in [2.45, 2.75) is 32.9 Å². The molecule has 2 heterocycles. The number of aromatic amines is 1. The summed E-state index contributed by atoms with van der Waals surface area (Å²) in [6, 6.07) is 21.3. The molecule has 1 aromatic heterocycles. The molecular formula is C30H31N5O3. The molecule has 1 fully saturated rings. The van der Waals surface area contributed by atoms with Crippen molar-refractivity contribution in [3.8, 4) is 5.88 Å². The molecule has 0 amide bonds. The first-order valence-corrected chi connectivity index (χ1v) is 12.7. The molecule has 4 aromatic rings. The molecule has 2 atom stereocenters. The number of piperazine rings is 1. The average molecular weight is 510 g/mol. The Bertz CT molecular complexity index is 1570. The van der Waals surface area contributed by atoms with E-state index in [2.05, 4.69) is 51.5 Å². The van der Waals surface area contributed by atoms with Gasteiger partial charge in [0.1, 0.15) is 0 Å². The van der Waals surface area contributed by atoms with Gasteiger partial charge in [0.15, 0.2) is 5.78 Å². The van der Waals surface area contributed by atoms with Crippen molar-refractivity contribution in [2.75, 3.05) is 23.3 Å². The largest absolute Gasteiger partial charge is 0.494 e. The summed E-state index contributed by atoms with van der Waals surface area (Å²) < 4.78 is 0. The molecule has 0 radical (unpaired) electrons. The summed E-state index contributed by atoms with van der Waals surface area (Å²) in [6.45, 7) is 7.79. The first kappa shape index (κ1) is 25.2. The van der Waals surface area contributed by atoms with Gasteiger partial charge in [-0.25, -0.2) is 0 Å². The van der Waals surface area contributed by atoms with Crippen LogP contribution in [0, 0.1) is 0 Å². The smallest absolute Gasteiger partial charge is 0.258 e. The minimum Gasteiger partial charge on any atom is -0.494 e. The number of anilines is 3. The first-order chi connectivity index (χ1) is 18.3. The van der Waals surface area contributed by atoms with Crippen LogP contribution in [0.5, 0.6) is 5.88 Å². The minimum atomic E-state index is -0.386. The maximum Gasteiger partial charge on any atom is 0.258 e. The van der Waals surface area contributed by atoms with E-state index < -0.39 is 0 Å². The molecule has 0 saturated carbocycles. The zero-order valence-electron chi connectivity index (χ0n) is 21.7. The Morgan fingerprint density at radius 1 is 1.00 bits per heavy atom. The maximum absolute atomic E-state index is 12.5. The van der Waals surface area contributed by atoms with E-state index >= 15 is 0 Å². The molecular weight excluding hydrogens is 478 g/mol. The van der Waals surface area contributed by atoms with Crippen LogP contribution in [0.3, 0.4) is 0 Å². The molecule has 194 valence electrons. The number of hydrogen-bond acceptors (Lipinski definition) is 7. The number of benzene rings is 3. The first-order valence-electron chi connectivity index (χ1n) is 12.7. The Labute approximate surface area is 221 Å². The molecule has 1 saturated heterocycles. The van der Waals surface area contributed by atoms with E-state index in [4.69, 9.17) is 0 Å². The molecule has 3 aromatic carbocycles. The van der Waals surface area contributed by atoms with Gasteiger partial charge >= 0.3 is 0 Å². The Balaban J connectivity index is 1.43. The topological polar surface area (TPSA) is 110 Å². The van der Waals surface area contributed by atoms with Crippen molar-refractivity contribution in [1.82, 2.24) is 10.3 Å². The third-order valence-electron chi connectivity index (χ3n) is 6.71. The van der Waals surface area contributed by atoms with Crippen LogP contribution in [0.4, 0.5) is 22.7 Å². The molecule has 5 rings (SSSR count). The van der Waals surface area contributed by atoms with Gasteiger partial charge in [0.2, 0.25) is 5.88 Å². The predicted octanol–water partition coefficient (Wildman–Crippen LogP) is 5.12. The number of Topliss-reactive ketones (excluding diaryl/α,β-unsaturated/α-hetero) is 1. The van der Waals surface area contributed by atoms with Crippen LogP contribution in [-0.4, -0.2) is 47.3 Å². The molecule has 8 nitrogen and oxygen atoms in total. The average Bonchev–Trinajstić information content (AvgIpc) is 2.88. The van der Waals surface area contributed by atoms with Gasteiger partial charge in [-0.1, -0.05) is 12.1 Å². The van der Waals surface area contributed by atoms with Gasteiger partial charge < -0.3 is 20.6 Å². The molecule has 1 aliphatic rings. The number of nitrogens with one attached hydrogen (secondary N) is 3. The highest BCUT2D eigenvalue weighted by atomic mass is 16.3. The van der Waals surface area contributed by atoms with Crippen molar-refractivity contribution in [3.05, 3.63) is 88.2 Å². The van der Waals surface area contributed by atoms with Crippen molar-refractivity contribution in [2.24, 2.45) is 4.99 Å². The number of aliphatic imine (C=N–C) groups is 1. The Morgan fingerprint density at radius 3 is 2.42 bits per heavy atom. The van der Waals surface area contributed by atoms with Crippen molar-refractivity contribution in [1.29, 1.82) is 0 Å². The lowest BCUT2D eigenvalue weighted by Gasteiger charge is -2.37. The van der Waals surface area contributed by atoms with Gasteiger partial charge in [-0.05, 0) is 75.4 Å². The summed E-state index contributed by atoms with van der Waals surface area (Å²) >= 11 is 0. The second kappa shape index (κ2) is 10.5. The highest BCUT2D eigenvalue weighted by Gasteiger charge is 2.21. The number of carbonyl (C=O) groups is 1. The highest BCUT2D eigenvalue weighted by molar-refractivity contribution is 6.03. The van der Waals surface area contributed by atoms with Crippen LogP contribution in [0.2, 0.25) is 0 Å². The van der Waals surface area contributed by atoms with Gasteiger partial charge in [0, 0.05) is 64.8 Å². The number of aromatic nitrogens is 1. The Morgan fingerprint density at radius 2 is 1.71 bits per heavy atom. The van der Waals surface area contributed by atoms with Crippen molar-refractivity contribution >= 4 is 45.5 Å². The minimum absolute atomic E-state index is 0.0211. The quantitative estimate of drug-likeness (QED) is 0.212. The van der Waals surface area contributed by atoms with E-state index in [0.717, 1.165) is 30.2 Å². The molecule has 1 aliphatic heterocycles. The zero-order valence-corrected chi connectivity index (χ0v) is 21.7. The van der Waals surface area contributed by atoms with Crippen LogP contribution >= 0.6 is 0 Å². The molecule has 2 unspecified atom stereocenters. The van der Waals surface area contributed by atoms with Crippen LogP contribution < -0.4 is 21.1 Å². The number of H-pyrrole nitrogens is 1. The normalized spacial score (nSPS) is 17.7. The van der Waals surface area contributed by atoms with Gasteiger partial charge in [-0.3, -0.25) is 19.6 Å². The number of ketones is 1. The van der Waals surface area contributed by atoms with Gasteiger partial charge in [0.05, 0.1) is 11.3 Å². The summed E-state index contributed by atoms with van der Waals surface area (Å²) in [7, 11) is 0. The van der Waals surface area contributed by atoms with Gasteiger partial charge in [0.25, 0.3) is 5.56 Å². The van der Waals surface area contributed by atoms with Crippen molar-refractivity contribution in [3.63, 3.8) is 0 Å². The lowest BCUT2D eigenvalue weighted by molar-refractivity contribution is 0.101. The third-order valence-corrected chi connectivity index (χ3v) is 6.71. The summed E-state index contributed by atoms with van der Waals surface area (Å²) in [5.41, 5.74) is 3.96. The van der Waals surface area contributed by atoms with Crippen molar-refractivity contribution < 1.29 is 9.90 Å². The van der Waals surface area contributed by atoms with E-state index in [9.17, 15) is 14.7 Å². The number of aromatic hydroxyl groups is 1. The standard InChI is InChI=1S/C30H31N5O3/c1-18-16-35(17-19(2)32-18)25-10-7-22(8-11-25)31-15-28-27-14-24(9-12-26(27)29(37)34-30(28)38)33-23-6-4-5-21(13-23)20(3)36/h4-15,18-19,32-33H,16-17H2,1-3H3,(H2,34,37,38). The number of fused-ring (bicyclic) bond motifs is 1. The lowest BCUT2D eigenvalue weighted by atomic mass is 10.1. The number of rotatable bonds is 6. The number of hydrogen-bond donors (Lipinski definition) is 4. The fourth-order valence-corrected chi connectivity index (χ4v) is 4.95. The fraction of sp³-hybridized carbons (Fsp3) is 0.233.